The molecule has 5 aromatic carbocycles. The standard InChI is InChI=1S/C63H76N12O9/c1-38(2)56(65-5)60(77)66-40(4)59(76)67-44-16-11-41(12-17-44)37-84-63(79)74-27-30-83-62(74)53-31-39(3)36-75(53)61(78)47-34-54(80-7)55(35-48(47)64)82-29-10-8-9-28-81-46-19-13-42(14-20-46)57-68-49-21-15-43(32-51(49)70-57)58-69-50-22-18-45(33-52(50)71-58)73-25-23-72(6)24-26-73/h11-22,32-35,38,40,53,56,62,65H,3,8-10,23-31,36-37,64H2,1-2,4-7H3,(H,66,77)(H,67,76)(H,68,70)(H,69,71)/t40-,53-,56-,62?/m0/s1. The lowest BCUT2D eigenvalue weighted by molar-refractivity contribution is -0.128. The first-order chi connectivity index (χ1) is 40.6. The number of imidazole rings is 2. The van der Waals surface area contributed by atoms with E-state index in [4.69, 9.17) is 39.4 Å². The SMILES string of the molecule is C=C1C[C@@H](C2OCCN2C(=O)OCc2ccc(NC(=O)[C@H](C)NC(=O)[C@@H](NC)C(C)C)cc2)N(C(=O)c2cc(OC)c(OCCCCCOc3ccc(-c4nc5ccc(-c6nc7cc(N8CCN(C)CC8)ccc7[nH]6)cc5[nH]4)cc3)cc2N)C1. The summed E-state index contributed by atoms with van der Waals surface area (Å²) in [5.74, 6) is 2.20. The maximum atomic E-state index is 14.3. The lowest BCUT2D eigenvalue weighted by Gasteiger charge is -2.34. The molecule has 2 aromatic heterocycles. The molecule has 4 atom stereocenters. The number of nitrogens with one attached hydrogen (secondary N) is 5. The van der Waals surface area contributed by atoms with Crippen molar-refractivity contribution in [2.24, 2.45) is 5.92 Å². The van der Waals surface area contributed by atoms with Gasteiger partial charge in [0.2, 0.25) is 11.8 Å². The number of hydrogen-bond acceptors (Lipinski definition) is 15. The van der Waals surface area contributed by atoms with E-state index >= 15 is 0 Å². The molecule has 0 saturated carbocycles. The zero-order valence-electron chi connectivity index (χ0n) is 48.7. The second kappa shape index (κ2) is 26.3. The van der Waals surface area contributed by atoms with Crippen LogP contribution in [0.2, 0.25) is 0 Å². The molecule has 0 radical (unpaired) electrons. The molecule has 3 aliphatic heterocycles. The largest absolute Gasteiger partial charge is 0.494 e. The molecule has 7 aromatic rings. The normalized spacial score (nSPS) is 17.2. The summed E-state index contributed by atoms with van der Waals surface area (Å²) in [7, 11) is 5.38. The number of anilines is 3. The van der Waals surface area contributed by atoms with Gasteiger partial charge in [0.05, 0.1) is 73.2 Å². The number of carbonyl (C=O) groups excluding carboxylic acids is 4. The highest BCUT2D eigenvalue weighted by atomic mass is 16.6. The molecule has 7 N–H and O–H groups in total. The van der Waals surface area contributed by atoms with E-state index in [1.165, 1.54) is 17.7 Å². The number of likely N-dealkylation sites (N-methyl/N-ethyl adjacent to an activating group) is 2. The van der Waals surface area contributed by atoms with Crippen molar-refractivity contribution in [3.05, 3.63) is 120 Å². The van der Waals surface area contributed by atoms with Crippen molar-refractivity contribution in [3.8, 4) is 40.0 Å². The Labute approximate surface area is 489 Å². The van der Waals surface area contributed by atoms with E-state index in [9.17, 15) is 19.2 Å². The van der Waals surface area contributed by atoms with Crippen molar-refractivity contribution in [2.75, 3.05) is 96.2 Å². The number of H-pyrrole nitrogens is 2. The van der Waals surface area contributed by atoms with Gasteiger partial charge in [0.25, 0.3) is 5.91 Å². The number of aromatic amines is 2. The molecular formula is C63H76N12O9. The van der Waals surface area contributed by atoms with E-state index in [0.29, 0.717) is 42.4 Å². The summed E-state index contributed by atoms with van der Waals surface area (Å²) >= 11 is 0. The fourth-order valence-corrected chi connectivity index (χ4v) is 10.9. The Bertz CT molecular complexity index is 3480. The van der Waals surface area contributed by atoms with Crippen LogP contribution >= 0.6 is 0 Å². The van der Waals surface area contributed by atoms with E-state index in [1.807, 2.05) is 44.2 Å². The number of carbonyl (C=O) groups is 4. The fourth-order valence-electron chi connectivity index (χ4n) is 10.9. The number of benzene rings is 5. The van der Waals surface area contributed by atoms with Gasteiger partial charge in [-0.2, -0.15) is 0 Å². The van der Waals surface area contributed by atoms with Gasteiger partial charge in [-0.1, -0.05) is 38.1 Å². The summed E-state index contributed by atoms with van der Waals surface area (Å²) < 4.78 is 29.8. The van der Waals surface area contributed by atoms with E-state index in [0.717, 1.165) is 102 Å². The van der Waals surface area contributed by atoms with Crippen LogP contribution in [0.5, 0.6) is 17.2 Å². The van der Waals surface area contributed by atoms with Crippen LogP contribution < -0.4 is 40.8 Å². The number of unbranched alkanes of at least 4 members (excludes halogenated alkanes) is 2. The minimum absolute atomic E-state index is 0.0434. The highest BCUT2D eigenvalue weighted by Gasteiger charge is 2.45. The number of hydrogen-bond donors (Lipinski definition) is 6. The lowest BCUT2D eigenvalue weighted by atomic mass is 10.0. The number of piperazine rings is 1. The molecule has 21 nitrogen and oxygen atoms in total. The Kier molecular flexibility index (Phi) is 18.3. The lowest BCUT2D eigenvalue weighted by Crippen LogP contribution is -2.51. The smallest absolute Gasteiger partial charge is 0.412 e. The number of methoxy groups -OCH3 is 1. The summed E-state index contributed by atoms with van der Waals surface area (Å²) in [4.78, 5) is 78.1. The summed E-state index contributed by atoms with van der Waals surface area (Å²) in [6, 6.07) is 28.9. The monoisotopic (exact) mass is 1140 g/mol. The Morgan fingerprint density at radius 3 is 2.23 bits per heavy atom. The van der Waals surface area contributed by atoms with Gasteiger partial charge in [-0.15, -0.1) is 0 Å². The molecule has 10 rings (SSSR count). The topological polar surface area (TPSA) is 247 Å². The molecule has 0 bridgehead atoms. The number of nitrogen functional groups attached to an aromatic ring is 1. The average Bonchev–Trinajstić information content (AvgIpc) is 2.82. The molecule has 442 valence electrons. The first-order valence-corrected chi connectivity index (χ1v) is 28.8. The molecule has 5 heterocycles. The maximum Gasteiger partial charge on any atom is 0.412 e. The Morgan fingerprint density at radius 1 is 0.774 bits per heavy atom. The number of nitrogens with zero attached hydrogens (tertiary/aromatic N) is 6. The van der Waals surface area contributed by atoms with Crippen molar-refractivity contribution in [1.82, 2.24) is 45.3 Å². The fraction of sp³-hybridized carbons (Fsp3) is 0.397. The van der Waals surface area contributed by atoms with E-state index < -0.39 is 30.4 Å². The Morgan fingerprint density at radius 2 is 1.49 bits per heavy atom. The molecule has 3 aliphatic rings. The van der Waals surface area contributed by atoms with Crippen molar-refractivity contribution >= 4 is 62.9 Å². The molecule has 3 fully saturated rings. The molecular weight excluding hydrogens is 1070 g/mol. The predicted octanol–water partition coefficient (Wildman–Crippen LogP) is 8.20. The number of rotatable bonds is 22. The highest BCUT2D eigenvalue weighted by Crippen LogP contribution is 2.37. The van der Waals surface area contributed by atoms with E-state index in [1.54, 1.807) is 55.3 Å². The van der Waals surface area contributed by atoms with Crippen LogP contribution in [0.1, 0.15) is 62.4 Å². The van der Waals surface area contributed by atoms with Gasteiger partial charge >= 0.3 is 6.09 Å². The second-order valence-corrected chi connectivity index (χ2v) is 22.2. The van der Waals surface area contributed by atoms with Crippen LogP contribution in [0.4, 0.5) is 21.9 Å². The predicted molar refractivity (Wildman–Crippen MR) is 324 cm³/mol. The minimum atomic E-state index is -0.788. The highest BCUT2D eigenvalue weighted by molar-refractivity contribution is 6.01. The van der Waals surface area contributed by atoms with Crippen molar-refractivity contribution < 1.29 is 42.9 Å². The van der Waals surface area contributed by atoms with Gasteiger partial charge in [-0.25, -0.2) is 14.8 Å². The van der Waals surface area contributed by atoms with Crippen LogP contribution in [0.25, 0.3) is 44.8 Å². The first-order valence-electron chi connectivity index (χ1n) is 28.8. The number of likely N-dealkylation sites (tertiary alicyclic amines) is 1. The second-order valence-electron chi connectivity index (χ2n) is 22.2. The first kappa shape index (κ1) is 58.5. The van der Waals surface area contributed by atoms with E-state index in [-0.39, 0.29) is 61.2 Å². The number of nitrogens with two attached hydrogens (primary N) is 1. The van der Waals surface area contributed by atoms with E-state index in [2.05, 4.69) is 79.7 Å². The third-order valence-electron chi connectivity index (χ3n) is 15.7. The molecule has 84 heavy (non-hydrogen) atoms. The quantitative estimate of drug-likeness (QED) is 0.0213. The van der Waals surface area contributed by atoms with Crippen LogP contribution in [-0.2, 0) is 25.7 Å². The van der Waals surface area contributed by atoms with Gasteiger partial charge in [-0.05, 0) is 137 Å². The molecule has 0 aliphatic carbocycles. The Hall–Kier alpha value is -8.66. The number of fused-ring (bicyclic) bond motifs is 2. The Balaban J connectivity index is 0.661. The molecule has 3 saturated heterocycles. The zero-order chi connectivity index (χ0) is 59.0. The van der Waals surface area contributed by atoms with Gasteiger partial charge in [0.15, 0.2) is 17.7 Å². The van der Waals surface area contributed by atoms with Crippen molar-refractivity contribution in [2.45, 2.75) is 77.4 Å². The summed E-state index contributed by atoms with van der Waals surface area (Å²) in [6.45, 7) is 15.4. The number of ether oxygens (including phenoxy) is 5. The average molecular weight is 1150 g/mol. The van der Waals surface area contributed by atoms with Crippen LogP contribution in [0.15, 0.2) is 109 Å². The number of aromatic nitrogens is 4. The van der Waals surface area contributed by atoms with Gasteiger partial charge in [0, 0.05) is 67.0 Å². The van der Waals surface area contributed by atoms with Gasteiger partial charge < -0.3 is 70.0 Å². The summed E-state index contributed by atoms with van der Waals surface area (Å²) in [5, 5.41) is 8.53. The van der Waals surface area contributed by atoms with Crippen molar-refractivity contribution in [1.29, 1.82) is 0 Å². The zero-order valence-corrected chi connectivity index (χ0v) is 48.7. The van der Waals surface area contributed by atoms with Gasteiger partial charge in [-0.3, -0.25) is 19.3 Å². The third-order valence-corrected chi connectivity index (χ3v) is 15.7. The van der Waals surface area contributed by atoms with Gasteiger partial charge in [0.1, 0.15) is 30.0 Å². The van der Waals surface area contributed by atoms with Crippen LogP contribution in [0.3, 0.4) is 0 Å². The molecule has 4 amide bonds. The summed E-state index contributed by atoms with van der Waals surface area (Å²) in [6.07, 6.45) is 1.43. The van der Waals surface area contributed by atoms with Crippen molar-refractivity contribution in [3.63, 3.8) is 0 Å². The molecule has 1 unspecified atom stereocenters. The third kappa shape index (κ3) is 13.5. The minimum Gasteiger partial charge on any atom is -0.494 e. The number of amides is 4. The van der Waals surface area contributed by atoms with Crippen LogP contribution in [-0.4, -0.2) is 163 Å². The maximum absolute atomic E-state index is 14.3. The summed E-state index contributed by atoms with van der Waals surface area (Å²) in [5.41, 5.74) is 15.9. The molecule has 0 spiro atoms. The molecule has 21 heteroatoms. The van der Waals surface area contributed by atoms with Crippen LogP contribution in [0, 0.1) is 5.92 Å².